The largest absolute Gasteiger partial charge is 0.480 e. The molecule has 1 aromatic carbocycles. The van der Waals surface area contributed by atoms with Crippen LogP contribution in [0.3, 0.4) is 0 Å². The molecule has 122 valence electrons. The van der Waals surface area contributed by atoms with Crippen LogP contribution in [0.4, 0.5) is 4.39 Å². The van der Waals surface area contributed by atoms with Gasteiger partial charge in [0, 0.05) is 6.54 Å². The maximum absolute atomic E-state index is 13.2. The Morgan fingerprint density at radius 3 is 2.83 bits per heavy atom. The molecule has 23 heavy (non-hydrogen) atoms. The Bertz CT molecular complexity index is 702. The summed E-state index contributed by atoms with van der Waals surface area (Å²) in [5.74, 6) is -1.92. The number of amides is 1. The Morgan fingerprint density at radius 1 is 1.39 bits per heavy atom. The number of halogens is 1. The van der Waals surface area contributed by atoms with Gasteiger partial charge in [-0.3, -0.25) is 9.59 Å². The van der Waals surface area contributed by atoms with E-state index in [9.17, 15) is 14.0 Å². The molecule has 0 aliphatic heterocycles. The van der Waals surface area contributed by atoms with Crippen LogP contribution in [0.25, 0.3) is 0 Å². The van der Waals surface area contributed by atoms with Crippen LogP contribution in [0.1, 0.15) is 29.4 Å². The molecule has 0 atom stereocenters. The standard InChI is InChI=1S/C15H17FN4O3/c1-2-6-19(10-14(21)22)15(23)13-9-20(18-17-13)8-11-4-3-5-12(16)7-11/h3-5,7,9H,2,6,8,10H2,1H3,(H,21,22). The highest BCUT2D eigenvalue weighted by Gasteiger charge is 2.20. The highest BCUT2D eigenvalue weighted by atomic mass is 19.1. The minimum atomic E-state index is -1.08. The van der Waals surface area contributed by atoms with Crippen LogP contribution in [-0.2, 0) is 11.3 Å². The number of nitrogens with zero attached hydrogens (tertiary/aromatic N) is 4. The van der Waals surface area contributed by atoms with E-state index >= 15 is 0 Å². The van der Waals surface area contributed by atoms with Crippen molar-refractivity contribution in [2.45, 2.75) is 19.9 Å². The average molecular weight is 320 g/mol. The maximum Gasteiger partial charge on any atom is 0.323 e. The van der Waals surface area contributed by atoms with Gasteiger partial charge in [0.2, 0.25) is 0 Å². The summed E-state index contributed by atoms with van der Waals surface area (Å²) in [5.41, 5.74) is 0.751. The van der Waals surface area contributed by atoms with Crippen molar-refractivity contribution in [2.24, 2.45) is 0 Å². The molecule has 7 nitrogen and oxygen atoms in total. The van der Waals surface area contributed by atoms with Crippen molar-refractivity contribution in [3.63, 3.8) is 0 Å². The highest BCUT2D eigenvalue weighted by molar-refractivity contribution is 5.93. The predicted molar refractivity (Wildman–Crippen MR) is 79.4 cm³/mol. The molecular weight excluding hydrogens is 303 g/mol. The summed E-state index contributed by atoms with van der Waals surface area (Å²) in [5, 5.41) is 16.5. The second-order valence-electron chi connectivity index (χ2n) is 5.05. The van der Waals surface area contributed by atoms with Gasteiger partial charge in [-0.25, -0.2) is 9.07 Å². The molecular formula is C15H17FN4O3. The summed E-state index contributed by atoms with van der Waals surface area (Å²) in [6, 6.07) is 6.04. The molecule has 0 fully saturated rings. The van der Waals surface area contributed by atoms with E-state index in [1.807, 2.05) is 6.92 Å². The minimum Gasteiger partial charge on any atom is -0.480 e. The van der Waals surface area contributed by atoms with Crippen molar-refractivity contribution >= 4 is 11.9 Å². The first-order chi connectivity index (χ1) is 11.0. The lowest BCUT2D eigenvalue weighted by Crippen LogP contribution is -2.36. The number of carboxylic acid groups (broad SMARTS) is 1. The minimum absolute atomic E-state index is 0.0658. The third kappa shape index (κ3) is 4.60. The fourth-order valence-electron chi connectivity index (χ4n) is 2.14. The van der Waals surface area contributed by atoms with Gasteiger partial charge in [0.05, 0.1) is 12.7 Å². The zero-order valence-electron chi connectivity index (χ0n) is 12.6. The number of hydrogen-bond donors (Lipinski definition) is 1. The van der Waals surface area contributed by atoms with E-state index in [1.54, 1.807) is 12.1 Å². The smallest absolute Gasteiger partial charge is 0.323 e. The summed E-state index contributed by atoms with van der Waals surface area (Å²) in [4.78, 5) is 24.3. The van der Waals surface area contributed by atoms with Gasteiger partial charge < -0.3 is 10.0 Å². The van der Waals surface area contributed by atoms with Gasteiger partial charge >= 0.3 is 5.97 Å². The molecule has 8 heteroatoms. The molecule has 0 unspecified atom stereocenters. The number of carbonyl (C=O) groups is 2. The van der Waals surface area contributed by atoms with Crippen molar-refractivity contribution in [3.05, 3.63) is 47.5 Å². The quantitative estimate of drug-likeness (QED) is 0.833. The van der Waals surface area contributed by atoms with Gasteiger partial charge in [0.25, 0.3) is 5.91 Å². The lowest BCUT2D eigenvalue weighted by Gasteiger charge is -2.18. The van der Waals surface area contributed by atoms with Crippen LogP contribution in [0, 0.1) is 5.82 Å². The van der Waals surface area contributed by atoms with Crippen LogP contribution in [-0.4, -0.2) is 50.0 Å². The molecule has 0 saturated carbocycles. The molecule has 0 aliphatic carbocycles. The number of rotatable bonds is 7. The predicted octanol–water partition coefficient (Wildman–Crippen LogP) is 1.40. The Morgan fingerprint density at radius 2 is 2.17 bits per heavy atom. The van der Waals surface area contributed by atoms with E-state index < -0.39 is 11.9 Å². The topological polar surface area (TPSA) is 88.3 Å². The monoisotopic (exact) mass is 320 g/mol. The van der Waals surface area contributed by atoms with Crippen molar-refractivity contribution in [1.29, 1.82) is 0 Å². The van der Waals surface area contributed by atoms with Crippen molar-refractivity contribution in [3.8, 4) is 0 Å². The molecule has 1 heterocycles. The second kappa shape index (κ2) is 7.48. The van der Waals surface area contributed by atoms with Crippen molar-refractivity contribution in [1.82, 2.24) is 19.9 Å². The number of aliphatic carboxylic acids is 1. The first-order valence-corrected chi connectivity index (χ1v) is 7.15. The first-order valence-electron chi connectivity index (χ1n) is 7.15. The van der Waals surface area contributed by atoms with E-state index in [4.69, 9.17) is 5.11 Å². The van der Waals surface area contributed by atoms with E-state index in [-0.39, 0.29) is 24.6 Å². The Hall–Kier alpha value is -2.77. The van der Waals surface area contributed by atoms with Crippen molar-refractivity contribution < 1.29 is 19.1 Å². The van der Waals surface area contributed by atoms with E-state index in [2.05, 4.69) is 10.3 Å². The van der Waals surface area contributed by atoms with Crippen LogP contribution in [0.2, 0.25) is 0 Å². The Kier molecular flexibility index (Phi) is 5.40. The fraction of sp³-hybridized carbons (Fsp3) is 0.333. The van der Waals surface area contributed by atoms with E-state index in [1.165, 1.54) is 27.9 Å². The molecule has 2 aromatic rings. The summed E-state index contributed by atoms with van der Waals surface area (Å²) < 4.78 is 14.6. The Balaban J connectivity index is 2.10. The molecule has 0 radical (unpaired) electrons. The SMILES string of the molecule is CCCN(CC(=O)O)C(=O)c1cn(Cc2cccc(F)c2)nn1. The summed E-state index contributed by atoms with van der Waals surface area (Å²) in [7, 11) is 0. The number of benzene rings is 1. The first kappa shape index (κ1) is 16.6. The normalized spacial score (nSPS) is 10.5. The molecule has 2 rings (SSSR count). The third-order valence-corrected chi connectivity index (χ3v) is 3.10. The molecule has 1 amide bonds. The fourth-order valence-corrected chi connectivity index (χ4v) is 2.14. The van der Waals surface area contributed by atoms with Crippen LogP contribution < -0.4 is 0 Å². The lowest BCUT2D eigenvalue weighted by molar-refractivity contribution is -0.137. The highest BCUT2D eigenvalue weighted by Crippen LogP contribution is 2.07. The van der Waals surface area contributed by atoms with Gasteiger partial charge in [-0.1, -0.05) is 24.3 Å². The Labute approximate surface area is 132 Å². The summed E-state index contributed by atoms with van der Waals surface area (Å²) in [6.45, 7) is 2.05. The average Bonchev–Trinajstić information content (AvgIpc) is 2.94. The molecule has 1 aromatic heterocycles. The van der Waals surface area contributed by atoms with Gasteiger partial charge in [-0.15, -0.1) is 5.10 Å². The van der Waals surface area contributed by atoms with Crippen molar-refractivity contribution in [2.75, 3.05) is 13.1 Å². The lowest BCUT2D eigenvalue weighted by atomic mass is 10.2. The van der Waals surface area contributed by atoms with Crippen LogP contribution >= 0.6 is 0 Å². The van der Waals surface area contributed by atoms with Gasteiger partial charge in [0.15, 0.2) is 5.69 Å². The number of hydrogen-bond acceptors (Lipinski definition) is 4. The maximum atomic E-state index is 13.2. The third-order valence-electron chi connectivity index (χ3n) is 3.10. The number of aromatic nitrogens is 3. The number of carbonyl (C=O) groups excluding carboxylic acids is 1. The van der Waals surface area contributed by atoms with Crippen LogP contribution in [0.15, 0.2) is 30.5 Å². The van der Waals surface area contributed by atoms with Gasteiger partial charge in [0.1, 0.15) is 12.4 Å². The molecule has 0 aliphatic rings. The van der Waals surface area contributed by atoms with Gasteiger partial charge in [-0.2, -0.15) is 0 Å². The molecule has 0 spiro atoms. The van der Waals surface area contributed by atoms with Gasteiger partial charge in [-0.05, 0) is 24.1 Å². The van der Waals surface area contributed by atoms with Crippen LogP contribution in [0.5, 0.6) is 0 Å². The zero-order valence-corrected chi connectivity index (χ0v) is 12.6. The summed E-state index contributed by atoms with van der Waals surface area (Å²) in [6.07, 6.45) is 2.06. The van der Waals surface area contributed by atoms with E-state index in [0.29, 0.717) is 18.5 Å². The zero-order chi connectivity index (χ0) is 16.8. The number of carboxylic acids is 1. The molecule has 0 saturated heterocycles. The summed E-state index contributed by atoms with van der Waals surface area (Å²) >= 11 is 0. The molecule has 0 bridgehead atoms. The van der Waals surface area contributed by atoms with E-state index in [0.717, 1.165) is 0 Å². The second-order valence-corrected chi connectivity index (χ2v) is 5.05. The molecule has 1 N–H and O–H groups in total.